The molecule has 0 aromatic heterocycles. The third-order valence-electron chi connectivity index (χ3n) is 4.63. The molecule has 2 amide bonds. The summed E-state index contributed by atoms with van der Waals surface area (Å²) in [5, 5.41) is 3.86. The van der Waals surface area contributed by atoms with Crippen molar-refractivity contribution in [2.75, 3.05) is 37.6 Å². The zero-order valence-corrected chi connectivity index (χ0v) is 16.6. The summed E-state index contributed by atoms with van der Waals surface area (Å²) in [6.07, 6.45) is 0. The second-order valence-corrected chi connectivity index (χ2v) is 7.36. The number of anilines is 1. The molecule has 3 rings (SSSR count). The summed E-state index contributed by atoms with van der Waals surface area (Å²) in [6.45, 7) is 4.70. The van der Waals surface area contributed by atoms with Gasteiger partial charge in [0.25, 0.3) is 5.91 Å². The molecule has 27 heavy (non-hydrogen) atoms. The summed E-state index contributed by atoms with van der Waals surface area (Å²) in [5.74, 6) is -0.396. The van der Waals surface area contributed by atoms with Gasteiger partial charge in [-0.2, -0.15) is 0 Å². The van der Waals surface area contributed by atoms with Gasteiger partial charge in [-0.15, -0.1) is 0 Å². The highest BCUT2D eigenvalue weighted by Crippen LogP contribution is 2.25. The van der Waals surface area contributed by atoms with E-state index in [2.05, 4.69) is 17.1 Å². The van der Waals surface area contributed by atoms with Crippen LogP contribution in [0, 0.1) is 6.92 Å². The molecule has 0 spiro atoms. The van der Waals surface area contributed by atoms with Gasteiger partial charge in [0.15, 0.2) is 0 Å². The number of piperazine rings is 1. The molecule has 2 aromatic rings. The SMILES string of the molecule is Cc1ccc(Cl)cc1N1CCN(C(=O)CNC(=O)c2cccc(Cl)c2)CC1. The van der Waals surface area contributed by atoms with E-state index in [1.165, 1.54) is 0 Å². The summed E-state index contributed by atoms with van der Waals surface area (Å²) >= 11 is 12.0. The third kappa shape index (κ3) is 4.93. The summed E-state index contributed by atoms with van der Waals surface area (Å²) in [7, 11) is 0. The van der Waals surface area contributed by atoms with Crippen LogP contribution >= 0.6 is 23.2 Å². The fourth-order valence-corrected chi connectivity index (χ4v) is 3.48. The maximum atomic E-state index is 12.4. The van der Waals surface area contributed by atoms with Gasteiger partial charge in [-0.25, -0.2) is 0 Å². The minimum atomic E-state index is -0.306. The molecule has 7 heteroatoms. The number of hydrogen-bond acceptors (Lipinski definition) is 3. The predicted octanol–water partition coefficient (Wildman–Crippen LogP) is 3.38. The highest BCUT2D eigenvalue weighted by atomic mass is 35.5. The number of rotatable bonds is 4. The average molecular weight is 406 g/mol. The molecule has 1 N–H and O–H groups in total. The molecule has 142 valence electrons. The smallest absolute Gasteiger partial charge is 0.251 e. The molecule has 1 fully saturated rings. The lowest BCUT2D eigenvalue weighted by Crippen LogP contribution is -2.51. The second kappa shape index (κ2) is 8.63. The van der Waals surface area contributed by atoms with E-state index in [-0.39, 0.29) is 18.4 Å². The summed E-state index contributed by atoms with van der Waals surface area (Å²) in [4.78, 5) is 28.5. The van der Waals surface area contributed by atoms with Gasteiger partial charge in [-0.3, -0.25) is 9.59 Å². The van der Waals surface area contributed by atoms with Crippen LogP contribution in [-0.4, -0.2) is 49.4 Å². The maximum Gasteiger partial charge on any atom is 0.251 e. The molecule has 2 aromatic carbocycles. The van der Waals surface area contributed by atoms with Crippen LogP contribution in [0.1, 0.15) is 15.9 Å². The highest BCUT2D eigenvalue weighted by Gasteiger charge is 2.22. The van der Waals surface area contributed by atoms with Crippen molar-refractivity contribution in [3.05, 3.63) is 63.6 Å². The Labute approximate surface area is 168 Å². The lowest BCUT2D eigenvalue weighted by molar-refractivity contribution is -0.130. The van der Waals surface area contributed by atoms with Gasteiger partial charge in [0, 0.05) is 47.5 Å². The van der Waals surface area contributed by atoms with Crippen molar-refractivity contribution in [3.63, 3.8) is 0 Å². The van der Waals surface area contributed by atoms with Gasteiger partial charge < -0.3 is 15.1 Å². The van der Waals surface area contributed by atoms with E-state index in [1.807, 2.05) is 18.2 Å². The molecule has 0 radical (unpaired) electrons. The molecule has 5 nitrogen and oxygen atoms in total. The van der Waals surface area contributed by atoms with Gasteiger partial charge in [0.2, 0.25) is 5.91 Å². The molecule has 1 aliphatic heterocycles. The Balaban J connectivity index is 1.51. The van der Waals surface area contributed by atoms with Crippen molar-refractivity contribution in [2.45, 2.75) is 6.92 Å². The van der Waals surface area contributed by atoms with Gasteiger partial charge in [-0.1, -0.05) is 35.3 Å². The Bertz CT molecular complexity index is 849. The third-order valence-corrected chi connectivity index (χ3v) is 5.10. The number of halogens is 2. The molecule has 0 aliphatic carbocycles. The average Bonchev–Trinajstić information content (AvgIpc) is 2.68. The van der Waals surface area contributed by atoms with Crippen LogP contribution in [-0.2, 0) is 4.79 Å². The zero-order chi connectivity index (χ0) is 19.4. The van der Waals surface area contributed by atoms with Gasteiger partial charge in [-0.05, 0) is 42.8 Å². The molecule has 0 unspecified atom stereocenters. The van der Waals surface area contributed by atoms with Gasteiger partial charge >= 0.3 is 0 Å². The van der Waals surface area contributed by atoms with E-state index in [1.54, 1.807) is 29.2 Å². The number of benzene rings is 2. The number of carbonyl (C=O) groups excluding carboxylic acids is 2. The zero-order valence-electron chi connectivity index (χ0n) is 15.0. The van der Waals surface area contributed by atoms with Crippen molar-refractivity contribution in [1.29, 1.82) is 0 Å². The molecular formula is C20H21Cl2N3O2. The van der Waals surface area contributed by atoms with Crippen LogP contribution in [0.4, 0.5) is 5.69 Å². The first-order valence-electron chi connectivity index (χ1n) is 8.76. The molecule has 1 saturated heterocycles. The topological polar surface area (TPSA) is 52.6 Å². The first kappa shape index (κ1) is 19.5. The van der Waals surface area contributed by atoms with Crippen molar-refractivity contribution >= 4 is 40.7 Å². The second-order valence-electron chi connectivity index (χ2n) is 6.49. The number of aryl methyl sites for hydroxylation is 1. The van der Waals surface area contributed by atoms with Crippen molar-refractivity contribution in [3.8, 4) is 0 Å². The van der Waals surface area contributed by atoms with Crippen LogP contribution in [0.2, 0.25) is 10.0 Å². The molecular weight excluding hydrogens is 385 g/mol. The number of nitrogens with one attached hydrogen (secondary N) is 1. The number of carbonyl (C=O) groups is 2. The van der Waals surface area contributed by atoms with E-state index in [0.29, 0.717) is 28.7 Å². The minimum Gasteiger partial charge on any atom is -0.368 e. The molecule has 0 bridgehead atoms. The summed E-state index contributed by atoms with van der Waals surface area (Å²) in [6, 6.07) is 12.5. The Morgan fingerprint density at radius 2 is 1.70 bits per heavy atom. The van der Waals surface area contributed by atoms with Crippen LogP contribution in [0.3, 0.4) is 0 Å². The quantitative estimate of drug-likeness (QED) is 0.847. The minimum absolute atomic E-state index is 0.0263. The lowest BCUT2D eigenvalue weighted by atomic mass is 10.1. The molecule has 0 atom stereocenters. The summed E-state index contributed by atoms with van der Waals surface area (Å²) in [5.41, 5.74) is 2.70. The Hall–Kier alpha value is -2.24. The van der Waals surface area contributed by atoms with Crippen LogP contribution in [0.25, 0.3) is 0 Å². The van der Waals surface area contributed by atoms with Crippen molar-refractivity contribution < 1.29 is 9.59 Å². The number of hydrogen-bond donors (Lipinski definition) is 1. The normalized spacial score (nSPS) is 14.2. The van der Waals surface area contributed by atoms with Gasteiger partial charge in [0.05, 0.1) is 6.54 Å². The fourth-order valence-electron chi connectivity index (χ4n) is 3.12. The van der Waals surface area contributed by atoms with Crippen molar-refractivity contribution in [1.82, 2.24) is 10.2 Å². The maximum absolute atomic E-state index is 12.4. The Morgan fingerprint density at radius 3 is 2.41 bits per heavy atom. The number of nitrogens with zero attached hydrogens (tertiary/aromatic N) is 2. The molecule has 1 aliphatic rings. The fraction of sp³-hybridized carbons (Fsp3) is 0.300. The van der Waals surface area contributed by atoms with E-state index < -0.39 is 0 Å². The van der Waals surface area contributed by atoms with Gasteiger partial charge in [0.1, 0.15) is 0 Å². The van der Waals surface area contributed by atoms with Crippen LogP contribution in [0.5, 0.6) is 0 Å². The summed E-state index contributed by atoms with van der Waals surface area (Å²) < 4.78 is 0. The molecule has 1 heterocycles. The van der Waals surface area contributed by atoms with E-state index in [4.69, 9.17) is 23.2 Å². The Morgan fingerprint density at radius 1 is 1.00 bits per heavy atom. The molecule has 0 saturated carbocycles. The van der Waals surface area contributed by atoms with Crippen LogP contribution < -0.4 is 10.2 Å². The predicted molar refractivity (Wildman–Crippen MR) is 109 cm³/mol. The largest absolute Gasteiger partial charge is 0.368 e. The van der Waals surface area contributed by atoms with E-state index >= 15 is 0 Å². The Kier molecular flexibility index (Phi) is 6.24. The van der Waals surface area contributed by atoms with E-state index in [9.17, 15) is 9.59 Å². The first-order valence-corrected chi connectivity index (χ1v) is 9.52. The lowest BCUT2D eigenvalue weighted by Gasteiger charge is -2.37. The van der Waals surface area contributed by atoms with Crippen molar-refractivity contribution in [2.24, 2.45) is 0 Å². The monoisotopic (exact) mass is 405 g/mol. The number of amides is 2. The standard InChI is InChI=1S/C20H21Cl2N3O2/c1-14-5-6-17(22)12-18(14)24-7-9-25(10-8-24)19(26)13-23-20(27)15-3-2-4-16(21)11-15/h2-6,11-12H,7-10,13H2,1H3,(H,23,27). The van der Waals surface area contributed by atoms with Crippen LogP contribution in [0.15, 0.2) is 42.5 Å². The highest BCUT2D eigenvalue weighted by molar-refractivity contribution is 6.31. The van der Waals surface area contributed by atoms with E-state index in [0.717, 1.165) is 24.3 Å². The first-order chi connectivity index (χ1) is 12.9.